The largest absolute Gasteiger partial charge is 0.478 e. The van der Waals surface area contributed by atoms with Crippen LogP contribution in [-0.4, -0.2) is 25.8 Å². The molecule has 1 N–H and O–H groups in total. The molecule has 2 aromatic rings. The molecule has 2 rings (SSSR count). The summed E-state index contributed by atoms with van der Waals surface area (Å²) in [6.45, 7) is 0. The summed E-state index contributed by atoms with van der Waals surface area (Å²) in [4.78, 5) is 14.6. The number of carbonyl (C=O) groups is 1. The SMILES string of the molecule is N#Cc1ccnc(-n2cc(C(=O)O)cn2)c1. The number of hydrogen-bond acceptors (Lipinski definition) is 4. The molecule has 0 aliphatic rings. The van der Waals surface area contributed by atoms with Crippen LogP contribution in [0.5, 0.6) is 0 Å². The first-order valence-electron chi connectivity index (χ1n) is 4.35. The van der Waals surface area contributed by atoms with Crippen LogP contribution >= 0.6 is 0 Å². The van der Waals surface area contributed by atoms with Gasteiger partial charge in [0, 0.05) is 18.5 Å². The lowest BCUT2D eigenvalue weighted by Crippen LogP contribution is -1.98. The van der Waals surface area contributed by atoms with E-state index in [2.05, 4.69) is 10.1 Å². The summed E-state index contributed by atoms with van der Waals surface area (Å²) in [5.41, 5.74) is 0.515. The van der Waals surface area contributed by atoms with Crippen molar-refractivity contribution in [1.82, 2.24) is 14.8 Å². The van der Waals surface area contributed by atoms with Gasteiger partial charge in [-0.05, 0) is 6.07 Å². The zero-order valence-electron chi connectivity index (χ0n) is 8.03. The fraction of sp³-hybridized carbons (Fsp3) is 0. The summed E-state index contributed by atoms with van der Waals surface area (Å²) >= 11 is 0. The molecule has 0 saturated heterocycles. The van der Waals surface area contributed by atoms with Crippen LogP contribution in [0.4, 0.5) is 0 Å². The van der Waals surface area contributed by atoms with E-state index in [0.717, 1.165) is 0 Å². The maximum atomic E-state index is 10.6. The number of hydrogen-bond donors (Lipinski definition) is 1. The molecule has 0 aromatic carbocycles. The second-order valence-corrected chi connectivity index (χ2v) is 2.99. The molecule has 16 heavy (non-hydrogen) atoms. The Labute approximate surface area is 90.4 Å². The number of nitriles is 1. The molecule has 0 atom stereocenters. The van der Waals surface area contributed by atoms with Crippen molar-refractivity contribution >= 4 is 5.97 Å². The van der Waals surface area contributed by atoms with Crippen LogP contribution in [0, 0.1) is 11.3 Å². The highest BCUT2D eigenvalue weighted by Crippen LogP contribution is 2.07. The maximum absolute atomic E-state index is 10.6. The van der Waals surface area contributed by atoms with Crippen molar-refractivity contribution in [2.45, 2.75) is 0 Å². The van der Waals surface area contributed by atoms with E-state index < -0.39 is 5.97 Å². The van der Waals surface area contributed by atoms with Crippen LogP contribution in [0.3, 0.4) is 0 Å². The number of rotatable bonds is 2. The van der Waals surface area contributed by atoms with E-state index in [1.165, 1.54) is 29.3 Å². The molecule has 2 heterocycles. The molecular weight excluding hydrogens is 208 g/mol. The third kappa shape index (κ3) is 1.74. The summed E-state index contributed by atoms with van der Waals surface area (Å²) in [5, 5.41) is 21.3. The van der Waals surface area contributed by atoms with E-state index in [0.29, 0.717) is 11.4 Å². The fourth-order valence-electron chi connectivity index (χ4n) is 1.17. The van der Waals surface area contributed by atoms with Crippen LogP contribution < -0.4 is 0 Å². The lowest BCUT2D eigenvalue weighted by Gasteiger charge is -1.98. The van der Waals surface area contributed by atoms with Gasteiger partial charge in [0.15, 0.2) is 5.82 Å². The average molecular weight is 214 g/mol. The summed E-state index contributed by atoms with van der Waals surface area (Å²) in [6, 6.07) is 5.06. The Morgan fingerprint density at radius 2 is 2.38 bits per heavy atom. The highest BCUT2D eigenvalue weighted by molar-refractivity contribution is 5.86. The van der Waals surface area contributed by atoms with Crippen LogP contribution in [0.2, 0.25) is 0 Å². The van der Waals surface area contributed by atoms with Crippen molar-refractivity contribution in [2.24, 2.45) is 0 Å². The number of nitrogens with zero attached hydrogens (tertiary/aromatic N) is 4. The van der Waals surface area contributed by atoms with Gasteiger partial charge in [0.2, 0.25) is 0 Å². The third-order valence-electron chi connectivity index (χ3n) is 1.94. The molecule has 0 spiro atoms. The first-order chi connectivity index (χ1) is 7.70. The molecule has 0 radical (unpaired) electrons. The minimum absolute atomic E-state index is 0.0733. The van der Waals surface area contributed by atoms with Gasteiger partial charge in [-0.15, -0.1) is 0 Å². The van der Waals surface area contributed by atoms with Crippen LogP contribution in [0.15, 0.2) is 30.7 Å². The van der Waals surface area contributed by atoms with E-state index in [4.69, 9.17) is 10.4 Å². The van der Waals surface area contributed by atoms with Gasteiger partial charge in [0.25, 0.3) is 0 Å². The van der Waals surface area contributed by atoms with E-state index >= 15 is 0 Å². The Hall–Kier alpha value is -2.68. The van der Waals surface area contributed by atoms with Gasteiger partial charge in [0.1, 0.15) is 0 Å². The van der Waals surface area contributed by atoms with E-state index in [1.807, 2.05) is 6.07 Å². The van der Waals surface area contributed by atoms with Crippen LogP contribution in [0.1, 0.15) is 15.9 Å². The van der Waals surface area contributed by atoms with Crippen molar-refractivity contribution in [1.29, 1.82) is 5.26 Å². The molecule has 0 aliphatic heterocycles. The second-order valence-electron chi connectivity index (χ2n) is 2.99. The first kappa shape index (κ1) is 9.86. The Balaban J connectivity index is 2.43. The molecule has 0 saturated carbocycles. The van der Waals surface area contributed by atoms with Gasteiger partial charge in [0.05, 0.1) is 23.4 Å². The van der Waals surface area contributed by atoms with E-state index in [-0.39, 0.29) is 5.56 Å². The number of carboxylic acid groups (broad SMARTS) is 1. The smallest absolute Gasteiger partial charge is 0.338 e. The summed E-state index contributed by atoms with van der Waals surface area (Å²) in [5.74, 6) is -0.644. The van der Waals surface area contributed by atoms with Gasteiger partial charge < -0.3 is 5.11 Å². The Morgan fingerprint density at radius 3 is 3.00 bits per heavy atom. The minimum atomic E-state index is -1.05. The quantitative estimate of drug-likeness (QED) is 0.799. The third-order valence-corrected chi connectivity index (χ3v) is 1.94. The Morgan fingerprint density at radius 1 is 1.56 bits per heavy atom. The highest BCUT2D eigenvalue weighted by Gasteiger charge is 2.07. The Bertz CT molecular complexity index is 583. The normalized spacial score (nSPS) is 9.69. The number of aromatic carboxylic acids is 1. The second kappa shape index (κ2) is 3.82. The molecule has 2 aromatic heterocycles. The van der Waals surface area contributed by atoms with E-state index in [1.54, 1.807) is 6.07 Å². The minimum Gasteiger partial charge on any atom is -0.478 e. The molecule has 0 bridgehead atoms. The van der Waals surface area contributed by atoms with Crippen molar-refractivity contribution in [3.05, 3.63) is 41.9 Å². The molecular formula is C10H6N4O2. The van der Waals surface area contributed by atoms with Gasteiger partial charge in [-0.25, -0.2) is 14.5 Å². The maximum Gasteiger partial charge on any atom is 0.338 e. The van der Waals surface area contributed by atoms with Crippen LogP contribution in [0.25, 0.3) is 5.82 Å². The molecule has 0 aliphatic carbocycles. The zero-order valence-corrected chi connectivity index (χ0v) is 8.03. The molecule has 0 unspecified atom stereocenters. The van der Waals surface area contributed by atoms with Gasteiger partial charge in [-0.2, -0.15) is 10.4 Å². The monoisotopic (exact) mass is 214 g/mol. The summed E-state index contributed by atoms with van der Waals surface area (Å²) < 4.78 is 1.31. The topological polar surface area (TPSA) is 91.8 Å². The predicted octanol–water partition coefficient (Wildman–Crippen LogP) is 0.837. The highest BCUT2D eigenvalue weighted by atomic mass is 16.4. The van der Waals surface area contributed by atoms with E-state index in [9.17, 15) is 4.79 Å². The molecule has 0 fully saturated rings. The molecule has 6 heteroatoms. The van der Waals surface area contributed by atoms with Crippen molar-refractivity contribution in [3.8, 4) is 11.9 Å². The van der Waals surface area contributed by atoms with Crippen molar-refractivity contribution < 1.29 is 9.90 Å². The lowest BCUT2D eigenvalue weighted by atomic mass is 10.3. The van der Waals surface area contributed by atoms with Crippen LogP contribution in [-0.2, 0) is 0 Å². The van der Waals surface area contributed by atoms with Crippen molar-refractivity contribution in [3.63, 3.8) is 0 Å². The van der Waals surface area contributed by atoms with Gasteiger partial charge in [-0.1, -0.05) is 0 Å². The molecule has 78 valence electrons. The Kier molecular flexibility index (Phi) is 2.36. The summed E-state index contributed by atoms with van der Waals surface area (Å²) in [7, 11) is 0. The standard InChI is InChI=1S/C10H6N4O2/c11-4-7-1-2-12-9(3-7)14-6-8(5-13-14)10(15)16/h1-3,5-6H,(H,15,16). The van der Waals surface area contributed by atoms with Crippen molar-refractivity contribution in [2.75, 3.05) is 0 Å². The number of carboxylic acids is 1. The van der Waals surface area contributed by atoms with Gasteiger partial charge >= 0.3 is 5.97 Å². The molecule has 6 nitrogen and oxygen atoms in total. The number of aromatic nitrogens is 3. The first-order valence-corrected chi connectivity index (χ1v) is 4.35. The fourth-order valence-corrected chi connectivity index (χ4v) is 1.17. The lowest BCUT2D eigenvalue weighted by molar-refractivity contribution is 0.0697. The summed E-state index contributed by atoms with van der Waals surface area (Å²) in [6.07, 6.45) is 4.03. The zero-order chi connectivity index (χ0) is 11.5. The predicted molar refractivity (Wildman–Crippen MR) is 53.0 cm³/mol. The van der Waals surface area contributed by atoms with Gasteiger partial charge in [-0.3, -0.25) is 0 Å². The number of pyridine rings is 1. The average Bonchev–Trinajstić information content (AvgIpc) is 2.78. The molecule has 0 amide bonds.